The highest BCUT2D eigenvalue weighted by atomic mass is 35.5. The van der Waals surface area contributed by atoms with E-state index in [9.17, 15) is 14.9 Å². The molecule has 136 valence electrons. The maximum atomic E-state index is 12.4. The van der Waals surface area contributed by atoms with Crippen LogP contribution in [0.5, 0.6) is 0 Å². The van der Waals surface area contributed by atoms with Crippen LogP contribution in [0.3, 0.4) is 0 Å². The van der Waals surface area contributed by atoms with Gasteiger partial charge in [-0.3, -0.25) is 19.9 Å². The Morgan fingerprint density at radius 3 is 2.65 bits per heavy atom. The van der Waals surface area contributed by atoms with E-state index in [1.165, 1.54) is 30.7 Å². The molecule has 0 saturated carbocycles. The summed E-state index contributed by atoms with van der Waals surface area (Å²) in [4.78, 5) is 32.6. The van der Waals surface area contributed by atoms with Gasteiger partial charge in [-0.2, -0.15) is 0 Å². The van der Waals surface area contributed by atoms with E-state index in [0.717, 1.165) is 18.4 Å². The third-order valence-corrected chi connectivity index (χ3v) is 4.69. The van der Waals surface area contributed by atoms with Gasteiger partial charge in [0, 0.05) is 43.7 Å². The van der Waals surface area contributed by atoms with Crippen LogP contribution in [0.25, 0.3) is 0 Å². The second-order valence-electron chi connectivity index (χ2n) is 6.18. The van der Waals surface area contributed by atoms with E-state index in [-0.39, 0.29) is 17.6 Å². The van der Waals surface area contributed by atoms with Crippen molar-refractivity contribution >= 4 is 28.9 Å². The number of likely N-dealkylation sites (tertiary alicyclic amines) is 1. The molecule has 9 heteroatoms. The third kappa shape index (κ3) is 3.91. The van der Waals surface area contributed by atoms with Gasteiger partial charge in [0.1, 0.15) is 5.69 Å². The van der Waals surface area contributed by atoms with Gasteiger partial charge in [-0.05, 0) is 25.3 Å². The molecule has 1 aliphatic rings. The fourth-order valence-electron chi connectivity index (χ4n) is 3.02. The van der Waals surface area contributed by atoms with Gasteiger partial charge in [-0.1, -0.05) is 11.6 Å². The molecular weight excluding hydrogens is 358 g/mol. The normalized spacial score (nSPS) is 14.9. The molecule has 8 nitrogen and oxygen atoms in total. The molecule has 1 aliphatic heterocycles. The second kappa shape index (κ2) is 7.65. The summed E-state index contributed by atoms with van der Waals surface area (Å²) in [5.41, 5.74) is 1.74. The molecule has 2 heterocycles. The lowest BCUT2D eigenvalue weighted by Crippen LogP contribution is -2.42. The molecule has 1 saturated heterocycles. The molecular formula is C17H18ClN5O3. The second-order valence-corrected chi connectivity index (χ2v) is 6.59. The summed E-state index contributed by atoms with van der Waals surface area (Å²) in [6, 6.07) is 2.99. The highest BCUT2D eigenvalue weighted by Crippen LogP contribution is 2.32. The molecule has 1 amide bonds. The van der Waals surface area contributed by atoms with Crippen molar-refractivity contribution in [2.75, 3.05) is 18.4 Å². The van der Waals surface area contributed by atoms with Crippen LogP contribution in [0, 0.1) is 17.0 Å². The molecule has 0 aliphatic carbocycles. The van der Waals surface area contributed by atoms with Gasteiger partial charge in [0.15, 0.2) is 0 Å². The number of anilines is 1. The molecule has 26 heavy (non-hydrogen) atoms. The molecule has 0 bridgehead atoms. The number of nitrogens with zero attached hydrogens (tertiary/aromatic N) is 4. The molecule has 1 fully saturated rings. The molecule has 0 radical (unpaired) electrons. The number of hydrogen-bond acceptors (Lipinski definition) is 6. The first-order valence-corrected chi connectivity index (χ1v) is 8.60. The van der Waals surface area contributed by atoms with E-state index < -0.39 is 4.92 Å². The number of nitrogens with one attached hydrogen (secondary N) is 1. The van der Waals surface area contributed by atoms with Crippen molar-refractivity contribution in [2.24, 2.45) is 0 Å². The molecule has 0 spiro atoms. The molecule has 3 rings (SSSR count). The number of aromatic nitrogens is 2. The van der Waals surface area contributed by atoms with Crippen LogP contribution < -0.4 is 5.32 Å². The number of rotatable bonds is 4. The van der Waals surface area contributed by atoms with Crippen LogP contribution in [-0.4, -0.2) is 44.8 Å². The van der Waals surface area contributed by atoms with Crippen molar-refractivity contribution < 1.29 is 9.72 Å². The number of piperidine rings is 1. The summed E-state index contributed by atoms with van der Waals surface area (Å²) in [5.74, 6) is -0.124. The quantitative estimate of drug-likeness (QED) is 0.651. The number of carbonyl (C=O) groups excluding carboxylic acids is 1. The van der Waals surface area contributed by atoms with Crippen molar-refractivity contribution in [1.82, 2.24) is 14.9 Å². The maximum Gasteiger partial charge on any atom is 0.274 e. The van der Waals surface area contributed by atoms with Gasteiger partial charge < -0.3 is 10.2 Å². The van der Waals surface area contributed by atoms with E-state index in [1.54, 1.807) is 11.8 Å². The van der Waals surface area contributed by atoms with Crippen molar-refractivity contribution in [1.29, 1.82) is 0 Å². The van der Waals surface area contributed by atoms with Crippen LogP contribution in [0.1, 0.15) is 28.9 Å². The van der Waals surface area contributed by atoms with Gasteiger partial charge >= 0.3 is 0 Å². The molecule has 0 unspecified atom stereocenters. The van der Waals surface area contributed by atoms with E-state index in [2.05, 4.69) is 15.3 Å². The number of carbonyl (C=O) groups is 1. The number of amides is 1. The number of nitro groups is 1. The van der Waals surface area contributed by atoms with Crippen molar-refractivity contribution in [3.8, 4) is 0 Å². The maximum absolute atomic E-state index is 12.4. The zero-order chi connectivity index (χ0) is 18.7. The summed E-state index contributed by atoms with van der Waals surface area (Å²) in [6.07, 6.45) is 5.99. The fourth-order valence-corrected chi connectivity index (χ4v) is 3.33. The minimum atomic E-state index is -0.459. The summed E-state index contributed by atoms with van der Waals surface area (Å²) in [6.45, 7) is 2.97. The number of nitro benzene ring substituents is 1. The van der Waals surface area contributed by atoms with Crippen molar-refractivity contribution in [2.45, 2.75) is 25.8 Å². The molecule has 1 N–H and O–H groups in total. The standard InChI is InChI=1S/C17H18ClN5O3/c1-11-8-13(23(25)26)9-14(18)16(11)21-12-2-6-22(7-3-12)17(24)15-10-19-4-5-20-15/h4-5,8-10,12,21H,2-3,6-7H2,1H3. The van der Waals surface area contributed by atoms with Gasteiger partial charge in [0.2, 0.25) is 0 Å². The van der Waals surface area contributed by atoms with Gasteiger partial charge in [-0.15, -0.1) is 0 Å². The Bertz CT molecular complexity index is 799. The van der Waals surface area contributed by atoms with E-state index in [1.807, 2.05) is 0 Å². The SMILES string of the molecule is Cc1cc([N+](=O)[O-])cc(Cl)c1NC1CCN(C(=O)c2cnccn2)CC1. The van der Waals surface area contributed by atoms with Crippen LogP contribution in [-0.2, 0) is 0 Å². The minimum absolute atomic E-state index is 0.0255. The topological polar surface area (TPSA) is 101 Å². The number of benzene rings is 1. The average Bonchev–Trinajstić information content (AvgIpc) is 2.65. The van der Waals surface area contributed by atoms with Gasteiger partial charge in [-0.25, -0.2) is 4.98 Å². The first-order chi connectivity index (χ1) is 12.5. The molecule has 1 aromatic carbocycles. The van der Waals surface area contributed by atoms with Crippen molar-refractivity contribution in [3.05, 3.63) is 57.1 Å². The summed E-state index contributed by atoms with van der Waals surface area (Å²) < 4.78 is 0. The number of hydrogen-bond donors (Lipinski definition) is 1. The summed E-state index contributed by atoms with van der Waals surface area (Å²) in [5, 5.41) is 14.6. The van der Waals surface area contributed by atoms with Crippen LogP contribution in [0.4, 0.5) is 11.4 Å². The highest BCUT2D eigenvalue weighted by molar-refractivity contribution is 6.33. The Hall–Kier alpha value is -2.74. The Kier molecular flexibility index (Phi) is 5.32. The lowest BCUT2D eigenvalue weighted by Gasteiger charge is -2.33. The largest absolute Gasteiger partial charge is 0.381 e. The molecule has 0 atom stereocenters. The Morgan fingerprint density at radius 1 is 1.35 bits per heavy atom. The number of non-ortho nitro benzene ring substituents is 1. The Morgan fingerprint density at radius 2 is 2.08 bits per heavy atom. The number of halogens is 1. The molecule has 1 aromatic heterocycles. The van der Waals surface area contributed by atoms with Crippen LogP contribution >= 0.6 is 11.6 Å². The lowest BCUT2D eigenvalue weighted by atomic mass is 10.0. The van der Waals surface area contributed by atoms with Crippen LogP contribution in [0.15, 0.2) is 30.7 Å². The van der Waals surface area contributed by atoms with Crippen molar-refractivity contribution in [3.63, 3.8) is 0 Å². The van der Waals surface area contributed by atoms with Crippen LogP contribution in [0.2, 0.25) is 5.02 Å². The Labute approximate surface area is 155 Å². The first-order valence-electron chi connectivity index (χ1n) is 8.22. The number of aryl methyl sites for hydroxylation is 1. The van der Waals surface area contributed by atoms with E-state index in [0.29, 0.717) is 29.5 Å². The fraction of sp³-hybridized carbons (Fsp3) is 0.353. The smallest absolute Gasteiger partial charge is 0.274 e. The Balaban J connectivity index is 1.63. The average molecular weight is 376 g/mol. The van der Waals surface area contributed by atoms with Gasteiger partial charge in [0.05, 0.1) is 21.8 Å². The van der Waals surface area contributed by atoms with E-state index in [4.69, 9.17) is 11.6 Å². The van der Waals surface area contributed by atoms with E-state index >= 15 is 0 Å². The predicted molar refractivity (Wildman–Crippen MR) is 97.4 cm³/mol. The zero-order valence-corrected chi connectivity index (χ0v) is 14.9. The lowest BCUT2D eigenvalue weighted by molar-refractivity contribution is -0.384. The summed E-state index contributed by atoms with van der Waals surface area (Å²) >= 11 is 6.21. The predicted octanol–water partition coefficient (Wildman–Crippen LogP) is 3.06. The summed E-state index contributed by atoms with van der Waals surface area (Å²) in [7, 11) is 0. The first kappa shape index (κ1) is 18.1. The zero-order valence-electron chi connectivity index (χ0n) is 14.2. The van der Waals surface area contributed by atoms with Gasteiger partial charge in [0.25, 0.3) is 11.6 Å². The third-order valence-electron chi connectivity index (χ3n) is 4.40. The highest BCUT2D eigenvalue weighted by Gasteiger charge is 2.25. The minimum Gasteiger partial charge on any atom is -0.381 e. The molecule has 2 aromatic rings. The monoisotopic (exact) mass is 375 g/mol.